The van der Waals surface area contributed by atoms with Crippen molar-refractivity contribution in [1.82, 2.24) is 20.3 Å². The number of nitrogens with zero attached hydrogens (tertiary/aromatic N) is 4. The van der Waals surface area contributed by atoms with E-state index in [0.29, 0.717) is 45.8 Å². The van der Waals surface area contributed by atoms with E-state index in [0.717, 1.165) is 31.3 Å². The number of rotatable bonds is 6. The van der Waals surface area contributed by atoms with Crippen molar-refractivity contribution < 1.29 is 23.8 Å². The minimum atomic E-state index is -0.870. The highest BCUT2D eigenvalue weighted by atomic mass is 35.5. The number of aromatic nitrogens is 3. The molecule has 1 fully saturated rings. The zero-order valence-corrected chi connectivity index (χ0v) is 25.0. The topological polar surface area (TPSA) is 130 Å². The third-order valence-corrected chi connectivity index (χ3v) is 7.18. The monoisotopic (exact) mass is 606 g/mol. The number of benzene rings is 1. The van der Waals surface area contributed by atoms with Crippen molar-refractivity contribution in [1.29, 1.82) is 0 Å². The van der Waals surface area contributed by atoms with Gasteiger partial charge in [0.25, 0.3) is 0 Å². The number of anilines is 3. The maximum atomic E-state index is 14.2. The van der Waals surface area contributed by atoms with Gasteiger partial charge in [-0.25, -0.2) is 19.2 Å². The van der Waals surface area contributed by atoms with E-state index in [9.17, 15) is 19.1 Å². The van der Waals surface area contributed by atoms with Gasteiger partial charge in [-0.1, -0.05) is 11.6 Å². The number of amides is 1. The van der Waals surface area contributed by atoms with Crippen LogP contribution in [-0.4, -0.2) is 56.7 Å². The Bertz CT molecular complexity index is 1670. The molecule has 4 aromatic rings. The second-order valence-electron chi connectivity index (χ2n) is 11.4. The van der Waals surface area contributed by atoms with Crippen LogP contribution < -0.4 is 15.5 Å². The van der Waals surface area contributed by atoms with Crippen molar-refractivity contribution in [3.8, 4) is 17.0 Å². The molecule has 12 heteroatoms. The molecule has 1 saturated heterocycles. The van der Waals surface area contributed by atoms with Crippen molar-refractivity contribution in [2.75, 3.05) is 23.3 Å². The smallest absolute Gasteiger partial charge is 0.407 e. The van der Waals surface area contributed by atoms with Crippen molar-refractivity contribution in [3.05, 3.63) is 65.2 Å². The highest BCUT2D eigenvalue weighted by molar-refractivity contribution is 6.32. The zero-order valence-electron chi connectivity index (χ0n) is 24.2. The Morgan fingerprint density at radius 2 is 1.93 bits per heavy atom. The first-order valence-electron chi connectivity index (χ1n) is 13.8. The van der Waals surface area contributed by atoms with Gasteiger partial charge < -0.3 is 25.4 Å². The second-order valence-corrected chi connectivity index (χ2v) is 11.8. The number of fused-ring (bicyclic) bond motifs is 1. The van der Waals surface area contributed by atoms with E-state index in [-0.39, 0.29) is 16.8 Å². The second kappa shape index (κ2) is 12.0. The number of ketones is 1. The van der Waals surface area contributed by atoms with Crippen LogP contribution >= 0.6 is 11.6 Å². The summed E-state index contributed by atoms with van der Waals surface area (Å²) in [5, 5.41) is 15.8. The van der Waals surface area contributed by atoms with Crippen LogP contribution in [0, 0.1) is 5.82 Å². The number of phenolic OH excluding ortho intramolecular Hbond substituents is 1. The molecule has 1 aliphatic heterocycles. The number of piperidine rings is 1. The van der Waals surface area contributed by atoms with Crippen molar-refractivity contribution in [3.63, 3.8) is 0 Å². The summed E-state index contributed by atoms with van der Waals surface area (Å²) in [6, 6.07) is 9.58. The van der Waals surface area contributed by atoms with Crippen LogP contribution in [0.2, 0.25) is 5.02 Å². The van der Waals surface area contributed by atoms with Crippen LogP contribution in [0.15, 0.2) is 48.8 Å². The highest BCUT2D eigenvalue weighted by Gasteiger charge is 2.25. The Labute approximate surface area is 253 Å². The Morgan fingerprint density at radius 3 is 2.60 bits per heavy atom. The molecular formula is C31H32ClFN6O4. The number of carbonyl (C=O) groups excluding carboxylic acids is 2. The number of carbonyl (C=O) groups is 2. The van der Waals surface area contributed by atoms with Gasteiger partial charge in [0, 0.05) is 30.9 Å². The molecule has 0 saturated carbocycles. The molecular weight excluding hydrogens is 575 g/mol. The average Bonchev–Trinajstić information content (AvgIpc) is 2.95. The van der Waals surface area contributed by atoms with Crippen molar-refractivity contribution >= 4 is 51.7 Å². The Hall–Kier alpha value is -4.51. The summed E-state index contributed by atoms with van der Waals surface area (Å²) in [7, 11) is 0. The molecule has 3 N–H and O–H groups in total. The molecule has 3 aromatic heterocycles. The van der Waals surface area contributed by atoms with Gasteiger partial charge in [0.1, 0.15) is 16.9 Å². The third-order valence-electron chi connectivity index (χ3n) is 6.89. The number of nitrogens with one attached hydrogen (secondary N) is 2. The molecule has 224 valence electrons. The lowest BCUT2D eigenvalue weighted by Crippen LogP contribution is -2.49. The minimum Gasteiger partial charge on any atom is -0.504 e. The quantitative estimate of drug-likeness (QED) is 0.207. The largest absolute Gasteiger partial charge is 0.504 e. The van der Waals surface area contributed by atoms with E-state index < -0.39 is 23.3 Å². The molecule has 4 heterocycles. The molecule has 0 bridgehead atoms. The Balaban J connectivity index is 1.40. The molecule has 1 aromatic carbocycles. The maximum absolute atomic E-state index is 14.2. The summed E-state index contributed by atoms with van der Waals surface area (Å²) in [4.78, 5) is 40.6. The first-order chi connectivity index (χ1) is 20.4. The lowest BCUT2D eigenvalue weighted by molar-refractivity contribution is 0.0499. The molecule has 0 radical (unpaired) electrons. The molecule has 0 spiro atoms. The summed E-state index contributed by atoms with van der Waals surface area (Å²) in [5.41, 5.74) is 2.45. The number of Topliss-reactive ketones (excluding diaryl/α,β-unsaturated/α-hetero) is 1. The van der Waals surface area contributed by atoms with E-state index in [1.807, 2.05) is 32.9 Å². The predicted octanol–water partition coefficient (Wildman–Crippen LogP) is 6.63. The van der Waals surface area contributed by atoms with Gasteiger partial charge in [-0.2, -0.15) is 0 Å². The van der Waals surface area contributed by atoms with Crippen LogP contribution in [0.3, 0.4) is 0 Å². The van der Waals surface area contributed by atoms with Crippen molar-refractivity contribution in [2.24, 2.45) is 0 Å². The fraction of sp³-hybridized carbons (Fsp3) is 0.323. The Kier molecular flexibility index (Phi) is 8.36. The van der Waals surface area contributed by atoms with E-state index in [1.165, 1.54) is 19.2 Å². The predicted molar refractivity (Wildman–Crippen MR) is 164 cm³/mol. The SMILES string of the molecule is CC(=O)c1cnc2ccc(-c3cc(F)c(O)c(Cl)c3)nc2c1Nc1ccc(N2CCC[C@@H](NC(=O)OC(C)(C)C)C2)nc1. The molecule has 0 unspecified atom stereocenters. The fourth-order valence-electron chi connectivity index (χ4n) is 4.90. The van der Waals surface area contributed by atoms with Crippen LogP contribution in [0.1, 0.15) is 50.9 Å². The zero-order chi connectivity index (χ0) is 30.9. The van der Waals surface area contributed by atoms with Gasteiger partial charge in [0.15, 0.2) is 17.3 Å². The number of halogens is 2. The van der Waals surface area contributed by atoms with E-state index >= 15 is 0 Å². The summed E-state index contributed by atoms with van der Waals surface area (Å²) >= 11 is 5.99. The molecule has 5 rings (SSSR count). The van der Waals surface area contributed by atoms with Crippen LogP contribution in [-0.2, 0) is 4.74 Å². The summed E-state index contributed by atoms with van der Waals surface area (Å²) in [5.74, 6) is -0.974. The van der Waals surface area contributed by atoms with E-state index in [1.54, 1.807) is 18.3 Å². The van der Waals surface area contributed by atoms with Gasteiger partial charge in [-0.05, 0) is 76.9 Å². The average molecular weight is 607 g/mol. The number of pyridine rings is 3. The molecule has 10 nitrogen and oxygen atoms in total. The minimum absolute atomic E-state index is 0.0679. The molecule has 0 aliphatic carbocycles. The first kappa shape index (κ1) is 30.0. The third kappa shape index (κ3) is 6.94. The van der Waals surface area contributed by atoms with E-state index in [4.69, 9.17) is 16.3 Å². The molecule has 1 atom stereocenters. The highest BCUT2D eigenvalue weighted by Crippen LogP contribution is 2.34. The number of aromatic hydroxyl groups is 1. The van der Waals surface area contributed by atoms with Gasteiger partial charge >= 0.3 is 6.09 Å². The van der Waals surface area contributed by atoms with E-state index in [2.05, 4.69) is 30.5 Å². The van der Waals surface area contributed by atoms with Crippen LogP contribution in [0.25, 0.3) is 22.3 Å². The van der Waals surface area contributed by atoms with Gasteiger partial charge in [-0.3, -0.25) is 9.78 Å². The normalized spacial score (nSPS) is 15.3. The first-order valence-corrected chi connectivity index (χ1v) is 14.2. The summed E-state index contributed by atoms with van der Waals surface area (Å²) in [6.45, 7) is 8.31. The van der Waals surface area contributed by atoms with Crippen LogP contribution in [0.4, 0.5) is 26.4 Å². The lowest BCUT2D eigenvalue weighted by atomic mass is 10.1. The molecule has 43 heavy (non-hydrogen) atoms. The lowest BCUT2D eigenvalue weighted by Gasteiger charge is -2.34. The van der Waals surface area contributed by atoms with Gasteiger partial charge in [-0.15, -0.1) is 0 Å². The number of alkyl carbamates (subject to hydrolysis) is 1. The molecule has 1 aliphatic rings. The number of hydrogen-bond donors (Lipinski definition) is 3. The summed E-state index contributed by atoms with van der Waals surface area (Å²) < 4.78 is 19.6. The number of ether oxygens (including phenoxy) is 1. The summed E-state index contributed by atoms with van der Waals surface area (Å²) in [6.07, 6.45) is 4.44. The maximum Gasteiger partial charge on any atom is 0.407 e. The van der Waals surface area contributed by atoms with Crippen molar-refractivity contribution in [2.45, 2.75) is 52.2 Å². The Morgan fingerprint density at radius 1 is 1.14 bits per heavy atom. The fourth-order valence-corrected chi connectivity index (χ4v) is 5.11. The number of phenols is 1. The number of hydrogen-bond acceptors (Lipinski definition) is 9. The molecule has 1 amide bonds. The standard InChI is InChI=1S/C31H32ClFN6O4/c1-17(40)21-15-34-25-9-8-24(18-12-22(32)29(41)23(33)13-18)38-28(25)27(21)36-19-7-10-26(35-14-19)39-11-5-6-20(16-39)37-30(42)43-31(2,3)4/h7-10,12-15,20,41H,5-6,11,16H2,1-4H3,(H,34,36)(H,37,42)/t20-/m1/s1. The van der Waals surface area contributed by atoms with Crippen LogP contribution in [0.5, 0.6) is 5.75 Å². The van der Waals surface area contributed by atoms with Gasteiger partial charge in [0.2, 0.25) is 0 Å². The van der Waals surface area contributed by atoms with Gasteiger partial charge in [0.05, 0.1) is 39.4 Å².